The molecule has 0 spiro atoms. The highest BCUT2D eigenvalue weighted by Crippen LogP contribution is 2.21. The fourth-order valence-corrected chi connectivity index (χ4v) is 4.13. The van der Waals surface area contributed by atoms with E-state index in [-0.39, 0.29) is 0 Å². The van der Waals surface area contributed by atoms with E-state index in [4.69, 9.17) is 4.74 Å². The molecule has 0 amide bonds. The Morgan fingerprint density at radius 1 is 1.03 bits per heavy atom. The predicted octanol–water partition coefficient (Wildman–Crippen LogP) is 4.22. The lowest BCUT2D eigenvalue weighted by Crippen LogP contribution is -2.36. The number of nitrogens with one attached hydrogen (secondary N) is 1. The molecule has 2 aromatic heterocycles. The normalized spacial score (nSPS) is 15.4. The minimum Gasteiger partial charge on any atom is -0.493 e. The maximum absolute atomic E-state index is 5.95. The number of fused-ring (bicyclic) bond motifs is 1. The Labute approximate surface area is 184 Å². The molecule has 1 fully saturated rings. The second-order valence-electron chi connectivity index (χ2n) is 8.38. The second kappa shape index (κ2) is 11.1. The molecule has 1 saturated heterocycles. The number of aromatic nitrogens is 4. The zero-order valence-corrected chi connectivity index (χ0v) is 18.5. The summed E-state index contributed by atoms with van der Waals surface area (Å²) in [7, 11) is 0. The van der Waals surface area contributed by atoms with Crippen molar-refractivity contribution < 1.29 is 4.74 Å². The zero-order valence-electron chi connectivity index (χ0n) is 18.5. The third-order valence-corrected chi connectivity index (χ3v) is 6.03. The van der Waals surface area contributed by atoms with Crippen LogP contribution in [0.3, 0.4) is 0 Å². The number of unbranched alkanes of at least 4 members (excludes halogenated alkanes) is 1. The van der Waals surface area contributed by atoms with Gasteiger partial charge in [0, 0.05) is 13.1 Å². The Morgan fingerprint density at radius 2 is 1.87 bits per heavy atom. The first-order valence-corrected chi connectivity index (χ1v) is 11.6. The third-order valence-electron chi connectivity index (χ3n) is 6.03. The Morgan fingerprint density at radius 3 is 2.68 bits per heavy atom. The van der Waals surface area contributed by atoms with Gasteiger partial charge in [0.1, 0.15) is 17.6 Å². The van der Waals surface area contributed by atoms with E-state index >= 15 is 0 Å². The van der Waals surface area contributed by atoms with Crippen molar-refractivity contribution in [1.82, 2.24) is 24.4 Å². The van der Waals surface area contributed by atoms with E-state index in [1.807, 2.05) is 36.7 Å². The van der Waals surface area contributed by atoms with Crippen LogP contribution in [0.1, 0.15) is 39.0 Å². The van der Waals surface area contributed by atoms with E-state index in [2.05, 4.69) is 36.7 Å². The molecule has 3 heterocycles. The standard InChI is InChI=1S/C24H34N6O/c1-2-3-12-25-23-22-24(27-18-26-23)30(19-28-22)14-7-13-29-15-10-20(11-16-29)17-31-21-8-5-4-6-9-21/h4-6,8-9,18-20H,2-3,7,10-17H2,1H3,(H,25,26,27). The van der Waals surface area contributed by atoms with Crippen LogP contribution in [0, 0.1) is 5.92 Å². The van der Waals surface area contributed by atoms with Crippen LogP contribution in [0.5, 0.6) is 5.75 Å². The van der Waals surface area contributed by atoms with E-state index in [9.17, 15) is 0 Å². The van der Waals surface area contributed by atoms with Crippen LogP contribution in [0.25, 0.3) is 11.2 Å². The lowest BCUT2D eigenvalue weighted by Gasteiger charge is -2.31. The van der Waals surface area contributed by atoms with Crippen LogP contribution in [-0.4, -0.2) is 57.2 Å². The fraction of sp³-hybridized carbons (Fsp3) is 0.542. The molecular formula is C24H34N6O. The molecule has 1 N–H and O–H groups in total. The molecule has 1 aliphatic heterocycles. The van der Waals surface area contributed by atoms with Crippen molar-refractivity contribution in [3.63, 3.8) is 0 Å². The highest BCUT2D eigenvalue weighted by Gasteiger charge is 2.19. The quantitative estimate of drug-likeness (QED) is 0.467. The molecule has 4 rings (SSSR count). The van der Waals surface area contributed by atoms with Gasteiger partial charge in [0.2, 0.25) is 0 Å². The maximum Gasteiger partial charge on any atom is 0.165 e. The zero-order chi connectivity index (χ0) is 21.3. The van der Waals surface area contributed by atoms with Gasteiger partial charge in [-0.2, -0.15) is 0 Å². The monoisotopic (exact) mass is 422 g/mol. The molecule has 7 nitrogen and oxygen atoms in total. The first kappa shape index (κ1) is 21.6. The number of benzene rings is 1. The van der Waals surface area contributed by atoms with Gasteiger partial charge >= 0.3 is 0 Å². The van der Waals surface area contributed by atoms with Crippen molar-refractivity contribution in [2.75, 3.05) is 38.1 Å². The molecule has 31 heavy (non-hydrogen) atoms. The van der Waals surface area contributed by atoms with E-state index in [0.29, 0.717) is 5.92 Å². The smallest absolute Gasteiger partial charge is 0.165 e. The van der Waals surface area contributed by atoms with Crippen LogP contribution in [-0.2, 0) is 6.54 Å². The average Bonchev–Trinajstić information content (AvgIpc) is 3.23. The van der Waals surface area contributed by atoms with Gasteiger partial charge in [0.25, 0.3) is 0 Å². The summed E-state index contributed by atoms with van der Waals surface area (Å²) in [5.41, 5.74) is 1.80. The number of rotatable bonds is 11. The van der Waals surface area contributed by atoms with Gasteiger partial charge in [-0.25, -0.2) is 15.0 Å². The summed E-state index contributed by atoms with van der Waals surface area (Å²) < 4.78 is 8.10. The summed E-state index contributed by atoms with van der Waals surface area (Å²) in [6.07, 6.45) is 9.34. The SMILES string of the molecule is CCCCNc1ncnc2c1ncn2CCCN1CCC(COc2ccccc2)CC1. The van der Waals surface area contributed by atoms with Crippen molar-refractivity contribution >= 4 is 17.0 Å². The summed E-state index contributed by atoms with van der Waals surface area (Å²) in [6, 6.07) is 10.1. The molecular weight excluding hydrogens is 388 g/mol. The molecule has 0 unspecified atom stereocenters. The van der Waals surface area contributed by atoms with Crippen LogP contribution < -0.4 is 10.1 Å². The lowest BCUT2D eigenvalue weighted by molar-refractivity contribution is 0.139. The van der Waals surface area contributed by atoms with E-state index < -0.39 is 0 Å². The molecule has 0 atom stereocenters. The van der Waals surface area contributed by atoms with Gasteiger partial charge < -0.3 is 19.5 Å². The first-order chi connectivity index (χ1) is 15.3. The number of aryl methyl sites for hydroxylation is 1. The van der Waals surface area contributed by atoms with Gasteiger partial charge in [-0.05, 0) is 63.4 Å². The summed E-state index contributed by atoms with van der Waals surface area (Å²) in [6.45, 7) is 8.28. The summed E-state index contributed by atoms with van der Waals surface area (Å²) >= 11 is 0. The summed E-state index contributed by atoms with van der Waals surface area (Å²) in [5.74, 6) is 2.48. The van der Waals surface area contributed by atoms with Crippen LogP contribution >= 0.6 is 0 Å². The van der Waals surface area contributed by atoms with Crippen LogP contribution in [0.2, 0.25) is 0 Å². The highest BCUT2D eigenvalue weighted by molar-refractivity contribution is 5.82. The Hall–Kier alpha value is -2.67. The molecule has 166 valence electrons. The van der Waals surface area contributed by atoms with Crippen molar-refractivity contribution in [3.8, 4) is 5.75 Å². The number of anilines is 1. The molecule has 0 aliphatic carbocycles. The number of nitrogens with zero attached hydrogens (tertiary/aromatic N) is 5. The highest BCUT2D eigenvalue weighted by atomic mass is 16.5. The van der Waals surface area contributed by atoms with Gasteiger partial charge in [-0.15, -0.1) is 0 Å². The molecule has 1 aliphatic rings. The van der Waals surface area contributed by atoms with E-state index in [1.54, 1.807) is 6.33 Å². The van der Waals surface area contributed by atoms with Crippen molar-refractivity contribution in [2.24, 2.45) is 5.92 Å². The minimum atomic E-state index is 0.657. The van der Waals surface area contributed by atoms with Gasteiger partial charge in [-0.1, -0.05) is 31.5 Å². The number of piperidine rings is 1. The van der Waals surface area contributed by atoms with Crippen LogP contribution in [0.15, 0.2) is 43.0 Å². The molecule has 7 heteroatoms. The third kappa shape index (κ3) is 5.94. The second-order valence-corrected chi connectivity index (χ2v) is 8.38. The van der Waals surface area contributed by atoms with E-state index in [1.165, 1.54) is 12.8 Å². The number of likely N-dealkylation sites (tertiary alicyclic amines) is 1. The number of hydrogen-bond donors (Lipinski definition) is 1. The summed E-state index contributed by atoms with van der Waals surface area (Å²) in [5, 5.41) is 3.39. The maximum atomic E-state index is 5.95. The average molecular weight is 423 g/mol. The minimum absolute atomic E-state index is 0.657. The number of para-hydroxylation sites is 1. The molecule has 0 radical (unpaired) electrons. The fourth-order valence-electron chi connectivity index (χ4n) is 4.13. The molecule has 0 bridgehead atoms. The lowest BCUT2D eigenvalue weighted by atomic mass is 9.97. The number of imidazole rings is 1. The first-order valence-electron chi connectivity index (χ1n) is 11.6. The molecule has 1 aromatic carbocycles. The van der Waals surface area contributed by atoms with Crippen molar-refractivity contribution in [1.29, 1.82) is 0 Å². The molecule has 3 aromatic rings. The summed E-state index contributed by atoms with van der Waals surface area (Å²) in [4.78, 5) is 16.0. The topological polar surface area (TPSA) is 68.1 Å². The van der Waals surface area contributed by atoms with Crippen molar-refractivity contribution in [3.05, 3.63) is 43.0 Å². The van der Waals surface area contributed by atoms with E-state index in [0.717, 1.165) is 81.3 Å². The Kier molecular flexibility index (Phi) is 7.71. The van der Waals surface area contributed by atoms with Crippen molar-refractivity contribution in [2.45, 2.75) is 45.6 Å². The van der Waals surface area contributed by atoms with Gasteiger partial charge in [0.15, 0.2) is 11.5 Å². The predicted molar refractivity (Wildman–Crippen MR) is 124 cm³/mol. The molecule has 0 saturated carbocycles. The van der Waals surface area contributed by atoms with Crippen LogP contribution in [0.4, 0.5) is 5.82 Å². The van der Waals surface area contributed by atoms with Gasteiger partial charge in [-0.3, -0.25) is 0 Å². The number of ether oxygens (including phenoxy) is 1. The Bertz CT molecular complexity index is 920. The largest absolute Gasteiger partial charge is 0.493 e. The van der Waals surface area contributed by atoms with Gasteiger partial charge in [0.05, 0.1) is 12.9 Å². The number of hydrogen-bond acceptors (Lipinski definition) is 6. The Balaban J connectivity index is 1.20.